The van der Waals surface area contributed by atoms with Crippen LogP contribution >= 0.6 is 0 Å². The zero-order chi connectivity index (χ0) is 13.9. The van der Waals surface area contributed by atoms with Crippen LogP contribution in [0.2, 0.25) is 0 Å². The highest BCUT2D eigenvalue weighted by molar-refractivity contribution is 5.26. The largest absolute Gasteiger partial charge is 0.306 e. The average Bonchev–Trinajstić information content (AvgIpc) is 2.76. The third-order valence-electron chi connectivity index (χ3n) is 3.19. The lowest BCUT2D eigenvalue weighted by atomic mass is 10.1. The number of aromatic nitrogens is 2. The first-order valence-electron chi connectivity index (χ1n) is 6.76. The molecule has 0 saturated heterocycles. The van der Waals surface area contributed by atoms with Gasteiger partial charge in [0.05, 0.1) is 12.2 Å². The fourth-order valence-corrected chi connectivity index (χ4v) is 1.96. The Labute approximate surface area is 115 Å². The van der Waals surface area contributed by atoms with Gasteiger partial charge in [0.15, 0.2) is 0 Å². The Hall–Kier alpha value is -1.61. The van der Waals surface area contributed by atoms with Crippen LogP contribution in [0.15, 0.2) is 36.5 Å². The Balaban J connectivity index is 2.10. The number of aryl methyl sites for hydroxylation is 1. The molecule has 0 unspecified atom stereocenters. The molecule has 102 valence electrons. The standard InChI is InChI=1S/C16H23N3/c1-13-7-5-6-8-14(13)12-19-15(9-10-18-19)11-17-16(2,3)4/h5-10,17H,11-12H2,1-4H3. The second kappa shape index (κ2) is 5.57. The van der Waals surface area contributed by atoms with E-state index in [9.17, 15) is 0 Å². The Bertz CT molecular complexity index is 535. The first-order valence-corrected chi connectivity index (χ1v) is 6.76. The topological polar surface area (TPSA) is 29.9 Å². The average molecular weight is 257 g/mol. The quantitative estimate of drug-likeness (QED) is 0.912. The van der Waals surface area contributed by atoms with E-state index in [0.717, 1.165) is 13.1 Å². The van der Waals surface area contributed by atoms with Gasteiger partial charge >= 0.3 is 0 Å². The molecule has 3 heteroatoms. The van der Waals surface area contributed by atoms with Gasteiger partial charge in [-0.2, -0.15) is 5.10 Å². The van der Waals surface area contributed by atoms with Crippen molar-refractivity contribution in [1.82, 2.24) is 15.1 Å². The van der Waals surface area contributed by atoms with Crippen molar-refractivity contribution >= 4 is 0 Å². The summed E-state index contributed by atoms with van der Waals surface area (Å²) in [6.07, 6.45) is 1.87. The zero-order valence-electron chi connectivity index (χ0n) is 12.3. The highest BCUT2D eigenvalue weighted by Gasteiger charge is 2.11. The molecule has 1 aromatic heterocycles. The summed E-state index contributed by atoms with van der Waals surface area (Å²) in [5.41, 5.74) is 3.98. The van der Waals surface area contributed by atoms with Crippen LogP contribution in [0.4, 0.5) is 0 Å². The van der Waals surface area contributed by atoms with Crippen LogP contribution in [0.25, 0.3) is 0 Å². The van der Waals surface area contributed by atoms with Crippen LogP contribution in [0.3, 0.4) is 0 Å². The van der Waals surface area contributed by atoms with Crippen LogP contribution in [0.5, 0.6) is 0 Å². The van der Waals surface area contributed by atoms with E-state index in [-0.39, 0.29) is 5.54 Å². The molecule has 0 saturated carbocycles. The lowest BCUT2D eigenvalue weighted by Gasteiger charge is -2.21. The maximum absolute atomic E-state index is 4.43. The van der Waals surface area contributed by atoms with Crippen molar-refractivity contribution in [3.63, 3.8) is 0 Å². The van der Waals surface area contributed by atoms with E-state index >= 15 is 0 Å². The zero-order valence-corrected chi connectivity index (χ0v) is 12.3. The van der Waals surface area contributed by atoms with Gasteiger partial charge in [0, 0.05) is 18.3 Å². The fraction of sp³-hybridized carbons (Fsp3) is 0.438. The molecule has 1 heterocycles. The summed E-state index contributed by atoms with van der Waals surface area (Å²) in [5, 5.41) is 7.93. The summed E-state index contributed by atoms with van der Waals surface area (Å²) in [6.45, 7) is 10.3. The molecular formula is C16H23N3. The second-order valence-corrected chi connectivity index (χ2v) is 6.01. The fourth-order valence-electron chi connectivity index (χ4n) is 1.96. The predicted molar refractivity (Wildman–Crippen MR) is 79.1 cm³/mol. The van der Waals surface area contributed by atoms with E-state index in [1.165, 1.54) is 16.8 Å². The maximum atomic E-state index is 4.43. The molecule has 0 aliphatic rings. The lowest BCUT2D eigenvalue weighted by molar-refractivity contribution is 0.414. The van der Waals surface area contributed by atoms with Gasteiger partial charge < -0.3 is 5.32 Å². The van der Waals surface area contributed by atoms with E-state index in [1.54, 1.807) is 0 Å². The van der Waals surface area contributed by atoms with Crippen LogP contribution in [-0.2, 0) is 13.1 Å². The highest BCUT2D eigenvalue weighted by Crippen LogP contribution is 2.11. The van der Waals surface area contributed by atoms with Crippen molar-refractivity contribution in [2.24, 2.45) is 0 Å². The Morgan fingerprint density at radius 1 is 1.16 bits per heavy atom. The third-order valence-corrected chi connectivity index (χ3v) is 3.19. The minimum absolute atomic E-state index is 0.123. The van der Waals surface area contributed by atoms with Gasteiger partial charge in [-0.15, -0.1) is 0 Å². The number of nitrogens with one attached hydrogen (secondary N) is 1. The van der Waals surface area contributed by atoms with Crippen molar-refractivity contribution < 1.29 is 0 Å². The van der Waals surface area contributed by atoms with Crippen LogP contribution in [-0.4, -0.2) is 15.3 Å². The molecule has 0 bridgehead atoms. The van der Waals surface area contributed by atoms with Crippen LogP contribution in [0, 0.1) is 6.92 Å². The van der Waals surface area contributed by atoms with Gasteiger partial charge in [0.1, 0.15) is 0 Å². The summed E-state index contributed by atoms with van der Waals surface area (Å²) in [6, 6.07) is 10.5. The van der Waals surface area contributed by atoms with Gasteiger partial charge in [0.25, 0.3) is 0 Å². The minimum atomic E-state index is 0.123. The molecule has 0 aliphatic carbocycles. The molecule has 19 heavy (non-hydrogen) atoms. The van der Waals surface area contributed by atoms with Gasteiger partial charge in [-0.1, -0.05) is 24.3 Å². The molecule has 1 aromatic carbocycles. The van der Waals surface area contributed by atoms with E-state index in [0.29, 0.717) is 0 Å². The summed E-state index contributed by atoms with van der Waals surface area (Å²) in [5.74, 6) is 0. The first kappa shape index (κ1) is 13.8. The molecule has 0 aliphatic heterocycles. The lowest BCUT2D eigenvalue weighted by Crippen LogP contribution is -2.35. The number of hydrogen-bond donors (Lipinski definition) is 1. The summed E-state index contributed by atoms with van der Waals surface area (Å²) in [7, 11) is 0. The van der Waals surface area contributed by atoms with Crippen molar-refractivity contribution in [2.75, 3.05) is 0 Å². The Morgan fingerprint density at radius 3 is 2.58 bits per heavy atom. The molecule has 2 aromatic rings. The summed E-state index contributed by atoms with van der Waals surface area (Å²) in [4.78, 5) is 0. The molecule has 0 atom stereocenters. The summed E-state index contributed by atoms with van der Waals surface area (Å²) < 4.78 is 2.07. The van der Waals surface area contributed by atoms with E-state index in [1.807, 2.05) is 6.20 Å². The van der Waals surface area contributed by atoms with Crippen molar-refractivity contribution in [3.8, 4) is 0 Å². The number of nitrogens with zero attached hydrogens (tertiary/aromatic N) is 2. The second-order valence-electron chi connectivity index (χ2n) is 6.01. The first-order chi connectivity index (χ1) is 8.96. The van der Waals surface area contributed by atoms with Crippen molar-refractivity contribution in [1.29, 1.82) is 0 Å². The molecule has 2 rings (SSSR count). The number of rotatable bonds is 4. The van der Waals surface area contributed by atoms with Crippen molar-refractivity contribution in [2.45, 2.75) is 46.3 Å². The summed E-state index contributed by atoms with van der Waals surface area (Å²) >= 11 is 0. The Kier molecular flexibility index (Phi) is 4.05. The predicted octanol–water partition coefficient (Wildman–Crippen LogP) is 3.13. The van der Waals surface area contributed by atoms with Crippen LogP contribution < -0.4 is 5.32 Å². The van der Waals surface area contributed by atoms with Gasteiger partial charge in [0.2, 0.25) is 0 Å². The third kappa shape index (κ3) is 3.93. The van der Waals surface area contributed by atoms with Gasteiger partial charge in [-0.25, -0.2) is 0 Å². The van der Waals surface area contributed by atoms with E-state index in [4.69, 9.17) is 0 Å². The molecule has 0 amide bonds. The number of hydrogen-bond acceptors (Lipinski definition) is 2. The SMILES string of the molecule is Cc1ccccc1Cn1nccc1CNC(C)(C)C. The Morgan fingerprint density at radius 2 is 1.89 bits per heavy atom. The molecule has 0 radical (unpaired) electrons. The van der Waals surface area contributed by atoms with Crippen LogP contribution in [0.1, 0.15) is 37.6 Å². The molecule has 0 spiro atoms. The molecule has 1 N–H and O–H groups in total. The number of benzene rings is 1. The molecular weight excluding hydrogens is 234 g/mol. The molecule has 0 fully saturated rings. The van der Waals surface area contributed by atoms with E-state index in [2.05, 4.69) is 73.1 Å². The van der Waals surface area contributed by atoms with Crippen molar-refractivity contribution in [3.05, 3.63) is 53.3 Å². The van der Waals surface area contributed by atoms with E-state index < -0.39 is 0 Å². The maximum Gasteiger partial charge on any atom is 0.0665 e. The smallest absolute Gasteiger partial charge is 0.0665 e. The highest BCUT2D eigenvalue weighted by atomic mass is 15.3. The molecule has 3 nitrogen and oxygen atoms in total. The minimum Gasteiger partial charge on any atom is -0.306 e. The van der Waals surface area contributed by atoms with Gasteiger partial charge in [-0.3, -0.25) is 4.68 Å². The van der Waals surface area contributed by atoms with Gasteiger partial charge in [-0.05, 0) is 44.9 Å². The normalized spacial score (nSPS) is 11.8. The monoisotopic (exact) mass is 257 g/mol.